The van der Waals surface area contributed by atoms with Gasteiger partial charge >= 0.3 is 0 Å². The van der Waals surface area contributed by atoms with Crippen LogP contribution in [-0.2, 0) is 4.79 Å². The molecule has 6 nitrogen and oxygen atoms in total. The molecule has 0 saturated carbocycles. The molecule has 0 aliphatic rings. The van der Waals surface area contributed by atoms with Crippen molar-refractivity contribution < 1.29 is 25.2 Å². The van der Waals surface area contributed by atoms with Gasteiger partial charge in [-0.1, -0.05) is 225 Å². The second-order valence-electron chi connectivity index (χ2n) is 16.1. The largest absolute Gasteiger partial charge is 0.394 e. The fourth-order valence-corrected chi connectivity index (χ4v) is 7.27. The fraction of sp³-hybridized carbons (Fsp3) is 0.935. The van der Waals surface area contributed by atoms with Crippen LogP contribution in [-0.4, -0.2) is 57.3 Å². The van der Waals surface area contributed by atoms with Crippen LogP contribution in [0.2, 0.25) is 0 Å². The van der Waals surface area contributed by atoms with Gasteiger partial charge in [0.15, 0.2) is 0 Å². The SMILES string of the molecule is CCCC/C=C\CCCCCCC(O)C(=O)NC(CO)C(O)C(O)CCCCCCCCCCCCCCCCCCCCCCCCCCCC. The highest BCUT2D eigenvalue weighted by molar-refractivity contribution is 5.80. The molecule has 4 unspecified atom stereocenters. The zero-order valence-corrected chi connectivity index (χ0v) is 34.8. The van der Waals surface area contributed by atoms with Crippen LogP contribution >= 0.6 is 0 Å². The van der Waals surface area contributed by atoms with E-state index < -0.39 is 36.9 Å². The molecule has 0 radical (unpaired) electrons. The van der Waals surface area contributed by atoms with Gasteiger partial charge in [0.2, 0.25) is 5.91 Å². The molecule has 0 bridgehead atoms. The first-order valence-electron chi connectivity index (χ1n) is 23.1. The van der Waals surface area contributed by atoms with Crippen molar-refractivity contribution in [2.45, 2.75) is 269 Å². The van der Waals surface area contributed by atoms with E-state index in [1.807, 2.05) is 0 Å². The Kier molecular flexibility index (Phi) is 40.5. The highest BCUT2D eigenvalue weighted by atomic mass is 16.3. The topological polar surface area (TPSA) is 110 Å². The Morgan fingerprint density at radius 3 is 1.17 bits per heavy atom. The zero-order chi connectivity index (χ0) is 38.2. The molecule has 310 valence electrons. The summed E-state index contributed by atoms with van der Waals surface area (Å²) < 4.78 is 0. The zero-order valence-electron chi connectivity index (χ0n) is 34.8. The van der Waals surface area contributed by atoms with E-state index in [2.05, 4.69) is 31.3 Å². The predicted molar refractivity (Wildman–Crippen MR) is 224 cm³/mol. The number of unbranched alkanes of at least 4 members (excludes halogenated alkanes) is 31. The second kappa shape index (κ2) is 41.2. The number of aliphatic hydroxyl groups is 4. The number of rotatable bonds is 42. The standard InChI is InChI=1S/C46H91NO5/c1-3-5-7-9-11-13-15-16-17-18-19-20-21-22-23-24-25-26-27-28-29-30-32-33-35-37-39-43(49)45(51)42(41-48)47-46(52)44(50)40-38-36-34-31-14-12-10-8-6-4-2/h10,12,42-45,48-51H,3-9,11,13-41H2,1-2H3,(H,47,52)/b12-10-. The van der Waals surface area contributed by atoms with E-state index in [0.717, 1.165) is 57.8 Å². The van der Waals surface area contributed by atoms with Gasteiger partial charge in [0.25, 0.3) is 0 Å². The van der Waals surface area contributed by atoms with Gasteiger partial charge in [-0.05, 0) is 32.1 Å². The summed E-state index contributed by atoms with van der Waals surface area (Å²) in [4.78, 5) is 12.4. The summed E-state index contributed by atoms with van der Waals surface area (Å²) >= 11 is 0. The second-order valence-corrected chi connectivity index (χ2v) is 16.1. The summed E-state index contributed by atoms with van der Waals surface area (Å²) in [6.45, 7) is 4.01. The molecule has 0 heterocycles. The van der Waals surface area contributed by atoms with Crippen molar-refractivity contribution in [3.63, 3.8) is 0 Å². The summed E-state index contributed by atoms with van der Waals surface area (Å²) in [5, 5.41) is 43.6. The molecule has 0 rings (SSSR count). The van der Waals surface area contributed by atoms with Gasteiger partial charge in [0.1, 0.15) is 12.2 Å². The summed E-state index contributed by atoms with van der Waals surface area (Å²) in [7, 11) is 0. The Bertz CT molecular complexity index is 746. The molecule has 0 spiro atoms. The highest BCUT2D eigenvalue weighted by Crippen LogP contribution is 2.17. The molecule has 0 aromatic rings. The maximum Gasteiger partial charge on any atom is 0.249 e. The Morgan fingerprint density at radius 2 is 0.788 bits per heavy atom. The van der Waals surface area contributed by atoms with Crippen molar-refractivity contribution in [1.29, 1.82) is 0 Å². The third-order valence-electron chi connectivity index (χ3n) is 11.0. The van der Waals surface area contributed by atoms with Gasteiger partial charge in [-0.3, -0.25) is 4.79 Å². The van der Waals surface area contributed by atoms with Crippen molar-refractivity contribution in [2.75, 3.05) is 6.61 Å². The van der Waals surface area contributed by atoms with Gasteiger partial charge in [-0.2, -0.15) is 0 Å². The molecule has 0 fully saturated rings. The van der Waals surface area contributed by atoms with E-state index in [9.17, 15) is 25.2 Å². The molecule has 0 saturated heterocycles. The van der Waals surface area contributed by atoms with Crippen molar-refractivity contribution in [2.24, 2.45) is 0 Å². The van der Waals surface area contributed by atoms with Crippen molar-refractivity contribution >= 4 is 5.91 Å². The number of nitrogens with one attached hydrogen (secondary N) is 1. The Balaban J connectivity index is 3.59. The van der Waals surface area contributed by atoms with Gasteiger partial charge < -0.3 is 25.7 Å². The van der Waals surface area contributed by atoms with Crippen LogP contribution in [0.3, 0.4) is 0 Å². The first-order valence-corrected chi connectivity index (χ1v) is 23.1. The van der Waals surface area contributed by atoms with E-state index in [4.69, 9.17) is 0 Å². The normalized spacial score (nSPS) is 14.2. The van der Waals surface area contributed by atoms with E-state index in [1.165, 1.54) is 161 Å². The maximum absolute atomic E-state index is 12.4. The third kappa shape index (κ3) is 34.8. The fourth-order valence-electron chi connectivity index (χ4n) is 7.27. The quantitative estimate of drug-likeness (QED) is 0.0316. The number of allylic oxidation sites excluding steroid dienone is 2. The van der Waals surface area contributed by atoms with Crippen molar-refractivity contribution in [3.8, 4) is 0 Å². The van der Waals surface area contributed by atoms with Gasteiger partial charge in [-0.15, -0.1) is 0 Å². The lowest BCUT2D eigenvalue weighted by Gasteiger charge is -2.27. The van der Waals surface area contributed by atoms with Crippen LogP contribution in [0.5, 0.6) is 0 Å². The van der Waals surface area contributed by atoms with Crippen LogP contribution in [0.1, 0.15) is 245 Å². The lowest BCUT2D eigenvalue weighted by molar-refractivity contribution is -0.132. The van der Waals surface area contributed by atoms with Crippen LogP contribution in [0, 0.1) is 0 Å². The number of carbonyl (C=O) groups excluding carboxylic acids is 1. The lowest BCUT2D eigenvalue weighted by Crippen LogP contribution is -2.53. The van der Waals surface area contributed by atoms with Crippen LogP contribution in [0.25, 0.3) is 0 Å². The molecule has 4 atom stereocenters. The molecular formula is C46H91NO5. The number of amides is 1. The Labute approximate surface area is 323 Å². The number of carbonyl (C=O) groups is 1. The maximum atomic E-state index is 12.4. The molecule has 0 aromatic carbocycles. The van der Waals surface area contributed by atoms with Gasteiger partial charge in [0, 0.05) is 0 Å². The smallest absolute Gasteiger partial charge is 0.249 e. The predicted octanol–water partition coefficient (Wildman–Crippen LogP) is 12.2. The summed E-state index contributed by atoms with van der Waals surface area (Å²) in [6, 6.07) is -0.985. The number of hydrogen-bond acceptors (Lipinski definition) is 5. The number of hydrogen-bond donors (Lipinski definition) is 5. The van der Waals surface area contributed by atoms with Crippen molar-refractivity contribution in [3.05, 3.63) is 12.2 Å². The summed E-state index contributed by atoms with van der Waals surface area (Å²) in [5.74, 6) is -0.593. The molecule has 6 heteroatoms. The van der Waals surface area contributed by atoms with Crippen molar-refractivity contribution in [1.82, 2.24) is 5.32 Å². The van der Waals surface area contributed by atoms with E-state index in [-0.39, 0.29) is 0 Å². The van der Waals surface area contributed by atoms with Crippen LogP contribution in [0.15, 0.2) is 12.2 Å². The minimum atomic E-state index is -1.26. The van der Waals surface area contributed by atoms with E-state index in [1.54, 1.807) is 0 Å². The number of aliphatic hydroxyl groups excluding tert-OH is 4. The molecule has 5 N–H and O–H groups in total. The lowest BCUT2D eigenvalue weighted by atomic mass is 9.99. The Morgan fingerprint density at radius 1 is 0.462 bits per heavy atom. The summed E-state index contributed by atoms with van der Waals surface area (Å²) in [6.07, 6.45) is 45.5. The molecule has 52 heavy (non-hydrogen) atoms. The average Bonchev–Trinajstić information content (AvgIpc) is 3.15. The Hall–Kier alpha value is -0.950. The minimum absolute atomic E-state index is 0.356. The molecule has 1 amide bonds. The third-order valence-corrected chi connectivity index (χ3v) is 11.0. The molecular weight excluding hydrogens is 647 g/mol. The van der Waals surface area contributed by atoms with E-state index >= 15 is 0 Å². The van der Waals surface area contributed by atoms with Crippen LogP contribution in [0.4, 0.5) is 0 Å². The summed E-state index contributed by atoms with van der Waals surface area (Å²) in [5.41, 5.74) is 0. The van der Waals surface area contributed by atoms with E-state index in [0.29, 0.717) is 12.8 Å². The van der Waals surface area contributed by atoms with Gasteiger partial charge in [0.05, 0.1) is 18.8 Å². The monoisotopic (exact) mass is 738 g/mol. The van der Waals surface area contributed by atoms with Gasteiger partial charge in [-0.25, -0.2) is 0 Å². The average molecular weight is 738 g/mol. The highest BCUT2D eigenvalue weighted by Gasteiger charge is 2.28. The minimum Gasteiger partial charge on any atom is -0.394 e. The molecule has 0 aliphatic carbocycles. The molecule has 0 aliphatic heterocycles. The first-order chi connectivity index (χ1) is 25.5. The first kappa shape index (κ1) is 51.0. The van der Waals surface area contributed by atoms with Crippen LogP contribution < -0.4 is 5.32 Å². The molecule has 0 aromatic heterocycles.